The molecule has 0 bridgehead atoms. The van der Waals surface area contributed by atoms with Crippen molar-refractivity contribution in [1.29, 1.82) is 0 Å². The zero-order valence-corrected chi connectivity index (χ0v) is 88.3. The van der Waals surface area contributed by atoms with E-state index in [1.165, 1.54) is 78.6 Å². The smallest absolute Gasteiger partial charge is 0.272 e. The highest BCUT2D eigenvalue weighted by Gasteiger charge is 2.29. The third-order valence-electron chi connectivity index (χ3n) is 23.7. The summed E-state index contributed by atoms with van der Waals surface area (Å²) in [5.74, 6) is -2.52. The van der Waals surface area contributed by atoms with Crippen LogP contribution in [0.4, 0.5) is 56.9 Å². The van der Waals surface area contributed by atoms with Crippen LogP contribution in [-0.4, -0.2) is 227 Å². The molecule has 3 aliphatic heterocycles. The number of thiophene rings is 3. The Hall–Kier alpha value is -12.9. The number of aryl methyl sites for hydroxylation is 10. The average Bonchev–Trinajstić information content (AvgIpc) is 1.67. The van der Waals surface area contributed by atoms with Gasteiger partial charge in [-0.3, -0.25) is 67.2 Å². The van der Waals surface area contributed by atoms with Gasteiger partial charge in [0.15, 0.2) is 0 Å². The molecule has 16 heterocycles. The minimum atomic E-state index is -0.458. The van der Waals surface area contributed by atoms with Crippen LogP contribution in [0.5, 0.6) is 0 Å². The Labute approximate surface area is 878 Å². The molecule has 0 unspecified atom stereocenters. The highest BCUT2D eigenvalue weighted by atomic mass is 79.9. The van der Waals surface area contributed by atoms with Crippen LogP contribution in [0.3, 0.4) is 0 Å². The number of halogens is 5. The molecule has 13 aromatic rings. The minimum absolute atomic E-state index is 0. The van der Waals surface area contributed by atoms with E-state index in [1.807, 2.05) is 11.8 Å². The largest absolute Gasteiger partial charge is 0.349 e. The lowest BCUT2D eigenvalue weighted by atomic mass is 10.1. The standard InChI is InChI=1S/C36H41ClN10O5S.C30H34BrClN8O4S.C29H32BrClN8O4S2.CH4/c1-43-18-22(14-27(43)32(48)38-9-12-47-10-6-5-7-11-47)39-33(49)28-15-23(19-44(28)2)40-34(50)29-16-24(20-45(29)3)41-35(51)30-17-25(21-46(30)4)42-36(52)31-26(37)8-13-53-31;1-37-14-18(11-22(37)27(41)33-7-10-40-8-5-4-6-9-40)34-28(42)23-12-19(15-38(23)2)35-29(43)24-13-20(16-39(24)3)36-30(44)26-25(32)21(31)17-45-26;1-36-13-17(10-21(36)26(40)32-4-5-39-6-8-44-9-7-39)33-27(41)22-11-18(14-37(22)2)34-28(42)23-12-19(15-38(23)3)35-29(43)25-24(31)20(30)16-45-25;/h8,13-21H,5-7,9-12H2,1-4H3,(H,38,48)(H,39,49)(H,40,50)(H,41,51)(H,42,52);11-17H,4-10H2,1-3H3,(H,33,41)(H,34,42)(H,35,43)(H,36,44);10-16H,4-9H2,1-3H3,(H,32,40)(H,33,41)(H,34,42)(H,35,43);1H4. The van der Waals surface area contributed by atoms with Crippen molar-refractivity contribution in [2.24, 2.45) is 70.5 Å². The summed E-state index contributed by atoms with van der Waals surface area (Å²) in [6.07, 6.45) is 23.7. The summed E-state index contributed by atoms with van der Waals surface area (Å²) < 4.78 is 17.4. The number of thioether (sulfide) groups is 1. The first kappa shape index (κ1) is 108. The third-order valence-corrected chi connectivity index (χ3v) is 31.3. The highest BCUT2D eigenvalue weighted by Crippen LogP contribution is 2.36. The predicted octanol–water partition coefficient (Wildman–Crippen LogP) is 15.5. The van der Waals surface area contributed by atoms with Crippen molar-refractivity contribution in [3.8, 4) is 0 Å². The number of nitrogens with one attached hydrogen (secondary N) is 13. The summed E-state index contributed by atoms with van der Waals surface area (Å²) in [6, 6.07) is 17.4. The molecular formula is C96H111Br2Cl3N26O13S4. The van der Waals surface area contributed by atoms with Gasteiger partial charge in [-0.25, -0.2) is 0 Å². The molecule has 0 radical (unpaired) electrons. The van der Waals surface area contributed by atoms with Crippen LogP contribution in [0.2, 0.25) is 15.1 Å². The van der Waals surface area contributed by atoms with Gasteiger partial charge in [-0.05, 0) is 156 Å². The van der Waals surface area contributed by atoms with Gasteiger partial charge in [0.25, 0.3) is 76.8 Å². The number of rotatable bonds is 32. The van der Waals surface area contributed by atoms with Gasteiger partial charge in [0.05, 0.1) is 71.9 Å². The van der Waals surface area contributed by atoms with Crippen molar-refractivity contribution in [3.63, 3.8) is 0 Å². The van der Waals surface area contributed by atoms with Crippen LogP contribution in [-0.2, 0) is 70.5 Å². The van der Waals surface area contributed by atoms with Gasteiger partial charge in [0.2, 0.25) is 0 Å². The topological polar surface area (TPSA) is 437 Å². The number of likely N-dealkylation sites (tertiary alicyclic amines) is 2. The van der Waals surface area contributed by atoms with Gasteiger partial charge in [-0.1, -0.05) is 55.1 Å². The summed E-state index contributed by atoms with van der Waals surface area (Å²) in [5, 5.41) is 43.0. The van der Waals surface area contributed by atoms with Crippen molar-refractivity contribution in [1.82, 2.24) is 76.3 Å². The monoisotopic (exact) mass is 2230 g/mol. The minimum Gasteiger partial charge on any atom is -0.349 e. The molecule has 13 aromatic heterocycles. The zero-order chi connectivity index (χ0) is 102. The van der Waals surface area contributed by atoms with Crippen LogP contribution in [0.15, 0.2) is 154 Å². The number of carbonyl (C=O) groups excluding carboxylic acids is 13. The van der Waals surface area contributed by atoms with E-state index in [4.69, 9.17) is 34.8 Å². The van der Waals surface area contributed by atoms with Gasteiger partial charge in [-0.15, -0.1) is 34.0 Å². The lowest BCUT2D eigenvalue weighted by Gasteiger charge is -2.26. The molecule has 0 atom stereocenters. The Balaban J connectivity index is 0.000000181. The van der Waals surface area contributed by atoms with E-state index < -0.39 is 41.4 Å². The van der Waals surface area contributed by atoms with E-state index in [-0.39, 0.29) is 60.0 Å². The van der Waals surface area contributed by atoms with E-state index in [0.717, 1.165) is 70.4 Å². The van der Waals surface area contributed by atoms with Crippen LogP contribution in [0.25, 0.3) is 0 Å². The average molecular weight is 2230 g/mol. The Morgan fingerprint density at radius 2 is 0.479 bits per heavy atom. The van der Waals surface area contributed by atoms with Crippen LogP contribution >= 0.6 is 112 Å². The fraction of sp³-hybridized carbons (Fsp3) is 0.323. The van der Waals surface area contributed by atoms with E-state index >= 15 is 0 Å². The number of aromatic nitrogens is 10. The first-order valence-corrected chi connectivity index (χ1v) is 51.8. The molecule has 0 spiro atoms. The summed E-state index contributed by atoms with van der Waals surface area (Å²) >= 11 is 30.6. The predicted molar refractivity (Wildman–Crippen MR) is 575 cm³/mol. The first-order chi connectivity index (χ1) is 68.3. The molecule has 0 aliphatic carbocycles. The quantitative estimate of drug-likeness (QED) is 0.0186. The molecule has 13 amide bonds. The highest BCUT2D eigenvalue weighted by molar-refractivity contribution is 9.11. The molecule has 0 saturated carbocycles. The molecule has 762 valence electrons. The molecule has 13 N–H and O–H groups in total. The van der Waals surface area contributed by atoms with Crippen LogP contribution < -0.4 is 69.1 Å². The lowest BCUT2D eigenvalue weighted by Crippen LogP contribution is -2.39. The fourth-order valence-electron chi connectivity index (χ4n) is 16.4. The molecule has 48 heteroatoms. The van der Waals surface area contributed by atoms with Crippen molar-refractivity contribution in [3.05, 3.63) is 240 Å². The maximum Gasteiger partial charge on any atom is 0.272 e. The van der Waals surface area contributed by atoms with Gasteiger partial charge >= 0.3 is 0 Å². The van der Waals surface area contributed by atoms with Crippen molar-refractivity contribution >= 4 is 246 Å². The Morgan fingerprint density at radius 1 is 0.278 bits per heavy atom. The van der Waals surface area contributed by atoms with Crippen LogP contribution in [0.1, 0.15) is 180 Å². The Kier molecular flexibility index (Phi) is 36.9. The fourth-order valence-corrected chi connectivity index (χ4v) is 21.7. The van der Waals surface area contributed by atoms with Gasteiger partial charge in [0, 0.05) is 216 Å². The zero-order valence-electron chi connectivity index (χ0n) is 79.6. The van der Waals surface area contributed by atoms with Gasteiger partial charge < -0.3 is 125 Å². The maximum absolute atomic E-state index is 13.3. The number of nitrogens with zero attached hydrogens (tertiary/aromatic N) is 13. The van der Waals surface area contributed by atoms with E-state index in [0.29, 0.717) is 155 Å². The Bertz CT molecular complexity index is 6720. The second kappa shape index (κ2) is 49.1. The van der Waals surface area contributed by atoms with Crippen LogP contribution in [0, 0.1) is 0 Å². The molecule has 144 heavy (non-hydrogen) atoms. The van der Waals surface area contributed by atoms with Gasteiger partial charge in [0.1, 0.15) is 71.6 Å². The number of hydrogen-bond donors (Lipinski definition) is 13. The summed E-state index contributed by atoms with van der Waals surface area (Å²) in [4.78, 5) is 176. The van der Waals surface area contributed by atoms with E-state index in [1.54, 1.807) is 255 Å². The maximum atomic E-state index is 13.3. The third kappa shape index (κ3) is 27.6. The number of anilines is 10. The summed E-state index contributed by atoms with van der Waals surface area (Å²) in [7, 11) is 17.0. The second-order valence-electron chi connectivity index (χ2n) is 34.4. The molecule has 3 fully saturated rings. The van der Waals surface area contributed by atoms with E-state index in [2.05, 4.69) is 116 Å². The molecular weight excluding hydrogens is 2120 g/mol. The second-order valence-corrected chi connectivity index (χ2v) is 41.1. The van der Waals surface area contributed by atoms with Crippen molar-refractivity contribution < 1.29 is 62.3 Å². The summed E-state index contributed by atoms with van der Waals surface area (Å²) in [6.45, 7) is 10.4. The number of amides is 13. The van der Waals surface area contributed by atoms with Crippen molar-refractivity contribution in [2.75, 3.05) is 143 Å². The molecule has 3 aliphatic rings. The SMILES string of the molecule is C.Cn1cc(NC(=O)c2cc(NC(=O)c3cc(NC(=O)c4cc(NC(=O)c5sccc5Cl)cn4C)cn3C)cn2C)cc1C(=O)NCCN1CCCCC1.Cn1cc(NC(=O)c2cc(NC(=O)c3cc(NC(=O)c4scc(Br)c4Cl)cn3C)cn2C)cc1C(=O)NCCN1CCCCC1.Cn1cc(NC(=O)c2cc(NC(=O)c3cc(NC(=O)c4scc(Br)c4Cl)cn3C)cn2C)cc1C(=O)NCCN1CCSCC1. The molecule has 0 aromatic carbocycles. The molecule has 3 saturated heterocycles. The number of carbonyl (C=O) groups is 13. The summed E-state index contributed by atoms with van der Waals surface area (Å²) in [5.41, 5.74) is 7.61. The Morgan fingerprint density at radius 3 is 0.681 bits per heavy atom. The first-order valence-electron chi connectivity index (χ1n) is 45.3. The normalized spacial score (nSPS) is 13.2. The van der Waals surface area contributed by atoms with E-state index in [9.17, 15) is 62.3 Å². The lowest BCUT2D eigenvalue weighted by molar-refractivity contribution is 0.0930. The molecule has 39 nitrogen and oxygen atoms in total. The van der Waals surface area contributed by atoms with Gasteiger partial charge in [-0.2, -0.15) is 11.8 Å². The van der Waals surface area contributed by atoms with Crippen molar-refractivity contribution in [2.45, 2.75) is 46.0 Å². The molecule has 16 rings (SSSR count). The number of hydrogen-bond acceptors (Lipinski definition) is 20. The number of piperidine rings is 2.